The van der Waals surface area contributed by atoms with Crippen molar-refractivity contribution in [2.45, 2.75) is 47.2 Å². The number of Topliss-reactive ketones (excluding diaryl/α,β-unsaturated/α-hetero) is 1. The zero-order valence-corrected chi connectivity index (χ0v) is 10.3. The molecule has 0 atom stereocenters. The maximum atomic E-state index is 11.8. The average Bonchev–Trinajstić information content (AvgIpc) is 2.50. The molecule has 0 aliphatic heterocycles. The molecule has 0 radical (unpaired) electrons. The summed E-state index contributed by atoms with van der Waals surface area (Å²) in [7, 11) is 0. The zero-order valence-electron chi connectivity index (χ0n) is 10.3. The van der Waals surface area contributed by atoms with Crippen molar-refractivity contribution < 1.29 is 9.36 Å². The van der Waals surface area contributed by atoms with Gasteiger partial charge in [0, 0.05) is 5.41 Å². The number of hydrogen-bond acceptors (Lipinski definition) is 1. The summed E-state index contributed by atoms with van der Waals surface area (Å²) in [6.45, 7) is 10.6. The van der Waals surface area contributed by atoms with E-state index in [0.29, 0.717) is 12.6 Å². The minimum Gasteiger partial charge on any atom is -0.295 e. The molecular weight excluding hydrogens is 188 g/mol. The van der Waals surface area contributed by atoms with Crippen molar-refractivity contribution in [1.82, 2.24) is 4.57 Å². The van der Waals surface area contributed by atoms with E-state index >= 15 is 0 Å². The van der Waals surface area contributed by atoms with Crippen LogP contribution in [-0.2, 0) is 11.3 Å². The lowest BCUT2D eigenvalue weighted by Crippen LogP contribution is -2.40. The number of ketones is 1. The molecule has 1 aromatic heterocycles. The maximum absolute atomic E-state index is 11.8. The zero-order chi connectivity index (χ0) is 11.6. The number of nitrogens with zero attached hydrogens (tertiary/aromatic N) is 2. The molecule has 3 nitrogen and oxygen atoms in total. The Kier molecular flexibility index (Phi) is 3.32. The molecule has 0 fully saturated rings. The first-order valence-electron chi connectivity index (χ1n) is 5.40. The van der Waals surface area contributed by atoms with Gasteiger partial charge < -0.3 is 0 Å². The van der Waals surface area contributed by atoms with E-state index in [2.05, 4.69) is 18.4 Å². The van der Waals surface area contributed by atoms with Gasteiger partial charge in [-0.25, -0.2) is 9.13 Å². The highest BCUT2D eigenvalue weighted by molar-refractivity contribution is 5.82. The molecule has 0 aliphatic rings. The van der Waals surface area contributed by atoms with Crippen LogP contribution in [-0.4, -0.2) is 10.4 Å². The molecule has 0 spiro atoms. The fourth-order valence-electron chi connectivity index (χ4n) is 1.21. The largest absolute Gasteiger partial charge is 0.295 e. The molecule has 0 bridgehead atoms. The predicted molar refractivity (Wildman–Crippen MR) is 59.5 cm³/mol. The standard InChI is InChI=1S/C12H21N2O/c1-10(2)14-7-6-13(9-14)8-11(15)12(3,4)5/h6-7,9-10H,8H2,1-5H3/q+1. The van der Waals surface area contributed by atoms with Crippen molar-refractivity contribution in [2.24, 2.45) is 5.41 Å². The molecule has 1 aromatic rings. The molecule has 0 saturated carbocycles. The Hall–Kier alpha value is -1.12. The van der Waals surface area contributed by atoms with Gasteiger partial charge in [0.05, 0.1) is 6.04 Å². The summed E-state index contributed by atoms with van der Waals surface area (Å²) < 4.78 is 4.03. The van der Waals surface area contributed by atoms with Crippen LogP contribution in [0.4, 0.5) is 0 Å². The van der Waals surface area contributed by atoms with E-state index in [4.69, 9.17) is 0 Å². The Morgan fingerprint density at radius 2 is 2.00 bits per heavy atom. The molecule has 0 N–H and O–H groups in total. The third-order valence-electron chi connectivity index (χ3n) is 2.47. The van der Waals surface area contributed by atoms with Gasteiger partial charge in [-0.2, -0.15) is 0 Å². The molecule has 0 saturated heterocycles. The number of hydrogen-bond donors (Lipinski definition) is 0. The van der Waals surface area contributed by atoms with Gasteiger partial charge in [0.2, 0.25) is 6.33 Å². The third-order valence-corrected chi connectivity index (χ3v) is 2.47. The second-order valence-electron chi connectivity index (χ2n) is 5.30. The molecule has 84 valence electrons. The fourth-order valence-corrected chi connectivity index (χ4v) is 1.21. The van der Waals surface area contributed by atoms with Gasteiger partial charge in [0.1, 0.15) is 18.9 Å². The van der Waals surface area contributed by atoms with Crippen LogP contribution in [0.5, 0.6) is 0 Å². The lowest BCUT2D eigenvalue weighted by Gasteiger charge is -2.14. The van der Waals surface area contributed by atoms with Gasteiger partial charge in [-0.05, 0) is 13.8 Å². The Bertz CT molecular complexity index is 345. The Labute approximate surface area is 91.7 Å². The highest BCUT2D eigenvalue weighted by Gasteiger charge is 2.23. The first kappa shape index (κ1) is 12.0. The van der Waals surface area contributed by atoms with Gasteiger partial charge in [0.25, 0.3) is 0 Å². The second kappa shape index (κ2) is 4.17. The summed E-state index contributed by atoms with van der Waals surface area (Å²) in [5.74, 6) is 0.258. The monoisotopic (exact) mass is 209 g/mol. The number of rotatable bonds is 3. The van der Waals surface area contributed by atoms with Crippen LogP contribution in [0.25, 0.3) is 0 Å². The molecule has 0 unspecified atom stereocenters. The van der Waals surface area contributed by atoms with Gasteiger partial charge in [-0.15, -0.1) is 0 Å². The minimum atomic E-state index is -0.257. The van der Waals surface area contributed by atoms with Crippen molar-refractivity contribution >= 4 is 5.78 Å². The van der Waals surface area contributed by atoms with Crippen LogP contribution in [0.1, 0.15) is 40.7 Å². The van der Waals surface area contributed by atoms with Gasteiger partial charge in [-0.1, -0.05) is 20.8 Å². The lowest BCUT2D eigenvalue weighted by atomic mass is 9.91. The van der Waals surface area contributed by atoms with Crippen molar-refractivity contribution in [3.05, 3.63) is 18.7 Å². The summed E-state index contributed by atoms with van der Waals surface area (Å²) >= 11 is 0. The van der Waals surface area contributed by atoms with Crippen LogP contribution in [0.3, 0.4) is 0 Å². The smallest absolute Gasteiger partial charge is 0.244 e. The highest BCUT2D eigenvalue weighted by Crippen LogP contribution is 2.14. The first-order valence-corrected chi connectivity index (χ1v) is 5.40. The molecule has 0 aromatic carbocycles. The maximum Gasteiger partial charge on any atom is 0.244 e. The van der Waals surface area contributed by atoms with E-state index < -0.39 is 0 Å². The Morgan fingerprint density at radius 3 is 2.40 bits per heavy atom. The van der Waals surface area contributed by atoms with Crippen molar-refractivity contribution in [3.63, 3.8) is 0 Å². The number of carbonyl (C=O) groups is 1. The Balaban J connectivity index is 2.70. The molecule has 0 amide bonds. The molecule has 1 rings (SSSR count). The number of aromatic nitrogens is 2. The van der Waals surface area contributed by atoms with E-state index in [0.717, 1.165) is 0 Å². The minimum absolute atomic E-state index is 0.257. The normalized spacial score (nSPS) is 12.1. The topological polar surface area (TPSA) is 25.9 Å². The molecule has 0 aliphatic carbocycles. The quantitative estimate of drug-likeness (QED) is 0.699. The van der Waals surface area contributed by atoms with E-state index in [9.17, 15) is 4.79 Å². The Morgan fingerprint density at radius 1 is 1.40 bits per heavy atom. The van der Waals surface area contributed by atoms with E-state index in [1.54, 1.807) is 0 Å². The van der Waals surface area contributed by atoms with Crippen LogP contribution in [0, 0.1) is 5.41 Å². The first-order chi connectivity index (χ1) is 6.80. The van der Waals surface area contributed by atoms with Crippen molar-refractivity contribution in [1.29, 1.82) is 0 Å². The highest BCUT2D eigenvalue weighted by atomic mass is 16.1. The summed E-state index contributed by atoms with van der Waals surface area (Å²) in [6, 6.07) is 0.441. The van der Waals surface area contributed by atoms with Gasteiger partial charge in [0.15, 0.2) is 5.78 Å². The van der Waals surface area contributed by atoms with Crippen molar-refractivity contribution in [3.8, 4) is 0 Å². The van der Waals surface area contributed by atoms with Crippen molar-refractivity contribution in [2.75, 3.05) is 0 Å². The van der Waals surface area contributed by atoms with Crippen LogP contribution < -0.4 is 4.57 Å². The number of imidazole rings is 1. The van der Waals surface area contributed by atoms with Crippen LogP contribution >= 0.6 is 0 Å². The van der Waals surface area contributed by atoms with E-state index in [1.807, 2.05) is 44.1 Å². The molecule has 3 heteroatoms. The molecule has 1 heterocycles. The third kappa shape index (κ3) is 3.18. The molecule has 15 heavy (non-hydrogen) atoms. The number of carbonyl (C=O) groups excluding carboxylic acids is 1. The van der Waals surface area contributed by atoms with E-state index in [1.165, 1.54) is 0 Å². The van der Waals surface area contributed by atoms with Crippen LogP contribution in [0.2, 0.25) is 0 Å². The summed E-state index contributed by atoms with van der Waals surface area (Å²) in [5.41, 5.74) is -0.257. The summed E-state index contributed by atoms with van der Waals surface area (Å²) in [6.07, 6.45) is 5.93. The van der Waals surface area contributed by atoms with Gasteiger partial charge in [-0.3, -0.25) is 4.79 Å². The molecular formula is C12H21N2O+. The van der Waals surface area contributed by atoms with Gasteiger partial charge >= 0.3 is 0 Å². The lowest BCUT2D eigenvalue weighted by molar-refractivity contribution is -0.684. The average molecular weight is 209 g/mol. The SMILES string of the molecule is CC(C)n1cc[n+](CC(=O)C(C)(C)C)c1. The predicted octanol–water partition coefficient (Wildman–Crippen LogP) is 1.97. The van der Waals surface area contributed by atoms with Crippen LogP contribution in [0.15, 0.2) is 18.7 Å². The van der Waals surface area contributed by atoms with E-state index in [-0.39, 0.29) is 11.2 Å². The second-order valence-corrected chi connectivity index (χ2v) is 5.30. The summed E-state index contributed by atoms with van der Waals surface area (Å²) in [5, 5.41) is 0. The fraction of sp³-hybridized carbons (Fsp3) is 0.667. The summed E-state index contributed by atoms with van der Waals surface area (Å²) in [4.78, 5) is 11.8.